The van der Waals surface area contributed by atoms with E-state index in [1.54, 1.807) is 0 Å². The molecule has 39 valence electrons. The maximum atomic E-state index is 9.63. The second-order valence-electron chi connectivity index (χ2n) is 0.907. The van der Waals surface area contributed by atoms with Gasteiger partial charge in [0.25, 0.3) is 0 Å². The van der Waals surface area contributed by atoms with Crippen LogP contribution in [-0.4, -0.2) is 16.8 Å². The molecule has 2 nitrogen and oxygen atoms in total. The van der Waals surface area contributed by atoms with Gasteiger partial charge in [0.2, 0.25) is 0 Å². The largest absolute Gasteiger partial charge is 0.478 e. The van der Waals surface area contributed by atoms with Crippen molar-refractivity contribution in [2.75, 3.05) is 5.75 Å². The van der Waals surface area contributed by atoms with E-state index in [4.69, 9.17) is 5.11 Å². The van der Waals surface area contributed by atoms with Crippen LogP contribution < -0.4 is 0 Å². The van der Waals surface area contributed by atoms with E-state index >= 15 is 0 Å². The number of hydrogen-bond acceptors (Lipinski definition) is 1. The van der Waals surface area contributed by atoms with Gasteiger partial charge in [0.05, 0.1) is 0 Å². The maximum absolute atomic E-state index is 9.63. The Kier molecular flexibility index (Phi) is 3.50. The van der Waals surface area contributed by atoms with Crippen LogP contribution in [0.1, 0.15) is 0 Å². The Bertz CT molecular complexity index is 87.7. The summed E-state index contributed by atoms with van der Waals surface area (Å²) in [5.74, 6) is -0.573. The molecule has 0 spiro atoms. The Morgan fingerprint density at radius 3 is 2.57 bits per heavy atom. The van der Waals surface area contributed by atoms with Crippen molar-refractivity contribution in [3.05, 3.63) is 12.2 Å². The topological polar surface area (TPSA) is 37.3 Å². The molecule has 0 aliphatic heterocycles. The average molecular weight is 117 g/mol. The van der Waals surface area contributed by atoms with E-state index in [1.165, 1.54) is 6.08 Å². The van der Waals surface area contributed by atoms with E-state index in [0.29, 0.717) is 5.75 Å². The maximum Gasteiger partial charge on any atom is 0.328 e. The van der Waals surface area contributed by atoms with Gasteiger partial charge in [-0.3, -0.25) is 0 Å². The molecule has 1 N–H and O–H groups in total. The van der Waals surface area contributed by atoms with Crippen LogP contribution in [0.25, 0.3) is 0 Å². The normalized spacial score (nSPS) is 9.86. The van der Waals surface area contributed by atoms with Crippen LogP contribution in [0.5, 0.6) is 0 Å². The standard InChI is InChI=1S/C4H5O2S/c5-4(6)2-1-3-7/h1-2H,3H2,(H,5,6). The third-order valence-electron chi connectivity index (χ3n) is 0.357. The zero-order valence-electron chi connectivity index (χ0n) is 3.63. The van der Waals surface area contributed by atoms with Crippen molar-refractivity contribution in [1.29, 1.82) is 0 Å². The van der Waals surface area contributed by atoms with Gasteiger partial charge in [0.15, 0.2) is 0 Å². The van der Waals surface area contributed by atoms with Gasteiger partial charge >= 0.3 is 5.97 Å². The number of carboxylic acid groups (broad SMARTS) is 1. The third-order valence-corrected chi connectivity index (χ3v) is 0.549. The van der Waals surface area contributed by atoms with Crippen molar-refractivity contribution in [1.82, 2.24) is 0 Å². The van der Waals surface area contributed by atoms with Crippen molar-refractivity contribution in [2.24, 2.45) is 0 Å². The Morgan fingerprint density at radius 1 is 1.86 bits per heavy atom. The zero-order chi connectivity index (χ0) is 5.70. The summed E-state index contributed by atoms with van der Waals surface area (Å²) in [4.78, 5) is 9.63. The molecule has 0 saturated carbocycles. The van der Waals surface area contributed by atoms with E-state index in [-0.39, 0.29) is 0 Å². The van der Waals surface area contributed by atoms with Gasteiger partial charge in [-0.1, -0.05) is 18.7 Å². The minimum atomic E-state index is -0.940. The lowest BCUT2D eigenvalue weighted by atomic mass is 10.5. The first-order valence-corrected chi connectivity index (χ1v) is 2.32. The molecule has 0 saturated heterocycles. The molecule has 0 amide bonds. The summed E-state index contributed by atoms with van der Waals surface area (Å²) in [6, 6.07) is 0. The van der Waals surface area contributed by atoms with Gasteiger partial charge in [-0.15, -0.1) is 0 Å². The molecule has 0 aromatic rings. The third kappa shape index (κ3) is 5.56. The van der Waals surface area contributed by atoms with Crippen molar-refractivity contribution < 1.29 is 9.90 Å². The van der Waals surface area contributed by atoms with Gasteiger partial charge in [-0.2, -0.15) is 0 Å². The molecular formula is C4H5O2S. The molecule has 0 heterocycles. The van der Waals surface area contributed by atoms with Crippen LogP contribution in [0.4, 0.5) is 0 Å². The van der Waals surface area contributed by atoms with Crippen LogP contribution in [0.3, 0.4) is 0 Å². The fraction of sp³-hybridized carbons (Fsp3) is 0.250. The van der Waals surface area contributed by atoms with E-state index < -0.39 is 5.97 Å². The molecule has 0 aromatic carbocycles. The Labute approximate surface area is 47.3 Å². The highest BCUT2D eigenvalue weighted by Crippen LogP contribution is 1.75. The van der Waals surface area contributed by atoms with Crippen molar-refractivity contribution in [3.8, 4) is 0 Å². The van der Waals surface area contributed by atoms with Crippen molar-refractivity contribution in [2.45, 2.75) is 0 Å². The molecular weight excluding hydrogens is 112 g/mol. The van der Waals surface area contributed by atoms with Gasteiger partial charge in [0, 0.05) is 11.8 Å². The highest BCUT2D eigenvalue weighted by Gasteiger charge is 1.79. The fourth-order valence-electron chi connectivity index (χ4n) is 0.149. The molecule has 0 rings (SSSR count). The molecule has 0 unspecified atom stereocenters. The number of rotatable bonds is 2. The summed E-state index contributed by atoms with van der Waals surface area (Å²) in [5.41, 5.74) is 0. The number of carbonyl (C=O) groups is 1. The molecule has 3 heteroatoms. The lowest BCUT2D eigenvalue weighted by Gasteiger charge is -1.72. The summed E-state index contributed by atoms with van der Waals surface area (Å²) in [6.07, 6.45) is 2.45. The molecule has 0 aliphatic rings. The summed E-state index contributed by atoms with van der Waals surface area (Å²) in [6.45, 7) is 0. The Balaban J connectivity index is 3.26. The molecule has 0 fully saturated rings. The van der Waals surface area contributed by atoms with Crippen molar-refractivity contribution in [3.63, 3.8) is 0 Å². The number of carboxylic acids is 1. The quantitative estimate of drug-likeness (QED) is 0.544. The van der Waals surface area contributed by atoms with E-state index in [2.05, 4.69) is 12.6 Å². The van der Waals surface area contributed by atoms with Gasteiger partial charge in [-0.05, 0) is 0 Å². The average Bonchev–Trinajstić information content (AvgIpc) is 1.61. The minimum absolute atomic E-state index is 0.367. The van der Waals surface area contributed by atoms with Gasteiger partial charge in [-0.25, -0.2) is 4.79 Å². The van der Waals surface area contributed by atoms with Crippen LogP contribution in [0.2, 0.25) is 0 Å². The SMILES string of the molecule is O=C(O)C=CC[S]. The molecule has 0 bridgehead atoms. The van der Waals surface area contributed by atoms with Crippen LogP contribution in [0, 0.1) is 0 Å². The first-order chi connectivity index (χ1) is 3.27. The van der Waals surface area contributed by atoms with Crippen LogP contribution in [-0.2, 0) is 4.79 Å². The highest BCUT2D eigenvalue weighted by atomic mass is 32.1. The fourth-order valence-corrected chi connectivity index (χ4v) is 0.245. The van der Waals surface area contributed by atoms with Crippen LogP contribution in [0.15, 0.2) is 12.2 Å². The van der Waals surface area contributed by atoms with Gasteiger partial charge < -0.3 is 5.11 Å². The second-order valence-corrected chi connectivity index (χ2v) is 1.24. The first kappa shape index (κ1) is 6.56. The summed E-state index contributed by atoms with van der Waals surface area (Å²) < 4.78 is 0. The minimum Gasteiger partial charge on any atom is -0.478 e. The zero-order valence-corrected chi connectivity index (χ0v) is 4.44. The molecule has 0 aromatic heterocycles. The van der Waals surface area contributed by atoms with Crippen LogP contribution >= 0.6 is 12.6 Å². The molecule has 7 heavy (non-hydrogen) atoms. The molecule has 0 aliphatic carbocycles. The van der Waals surface area contributed by atoms with Crippen molar-refractivity contribution >= 4 is 18.6 Å². The van der Waals surface area contributed by atoms with E-state index in [9.17, 15) is 4.79 Å². The van der Waals surface area contributed by atoms with E-state index in [1.807, 2.05) is 0 Å². The molecule has 0 atom stereocenters. The predicted octanol–water partition coefficient (Wildman–Crippen LogP) is 0.825. The summed E-state index contributed by atoms with van der Waals surface area (Å²) in [7, 11) is 0. The molecule has 1 radical (unpaired) electrons. The smallest absolute Gasteiger partial charge is 0.328 e. The van der Waals surface area contributed by atoms with E-state index in [0.717, 1.165) is 6.08 Å². The van der Waals surface area contributed by atoms with Gasteiger partial charge in [0.1, 0.15) is 0 Å². The Morgan fingerprint density at radius 2 is 2.43 bits per heavy atom. The second kappa shape index (κ2) is 3.74. The first-order valence-electron chi connectivity index (χ1n) is 1.75. The Hall–Kier alpha value is -0.440. The monoisotopic (exact) mass is 117 g/mol. The number of hydrogen-bond donors (Lipinski definition) is 1. The summed E-state index contributed by atoms with van der Waals surface area (Å²) >= 11 is 4.42. The number of aliphatic carboxylic acids is 1. The predicted molar refractivity (Wildman–Crippen MR) is 29.2 cm³/mol. The lowest BCUT2D eigenvalue weighted by molar-refractivity contribution is -0.131. The lowest BCUT2D eigenvalue weighted by Crippen LogP contribution is -1.85. The highest BCUT2D eigenvalue weighted by molar-refractivity contribution is 7.80. The summed E-state index contributed by atoms with van der Waals surface area (Å²) in [5, 5.41) is 7.91.